The van der Waals surface area contributed by atoms with E-state index in [0.29, 0.717) is 0 Å². The van der Waals surface area contributed by atoms with Crippen molar-refractivity contribution in [2.75, 3.05) is 20.2 Å². The maximum absolute atomic E-state index is 5.36. The van der Waals surface area contributed by atoms with Crippen molar-refractivity contribution in [3.63, 3.8) is 0 Å². The van der Waals surface area contributed by atoms with Crippen LogP contribution >= 0.6 is 0 Å². The van der Waals surface area contributed by atoms with E-state index in [1.54, 1.807) is 7.11 Å². The number of nitrogens with one attached hydrogen (secondary N) is 1. The number of hydrogen-bond donors (Lipinski definition) is 1. The SMILES string of the molecule is CCCNCC1CCCCCC1Cc1cccc(OC)c1. The normalized spacial score (nSPS) is 22.8. The van der Waals surface area contributed by atoms with Crippen molar-refractivity contribution in [1.82, 2.24) is 5.32 Å². The van der Waals surface area contributed by atoms with Gasteiger partial charge in [-0.05, 0) is 68.3 Å². The van der Waals surface area contributed by atoms with Gasteiger partial charge in [0.2, 0.25) is 0 Å². The molecule has 0 aliphatic heterocycles. The monoisotopic (exact) mass is 289 g/mol. The maximum Gasteiger partial charge on any atom is 0.119 e. The Morgan fingerprint density at radius 3 is 2.71 bits per heavy atom. The molecular weight excluding hydrogens is 258 g/mol. The summed E-state index contributed by atoms with van der Waals surface area (Å²) in [4.78, 5) is 0. The van der Waals surface area contributed by atoms with Crippen LogP contribution in [-0.2, 0) is 6.42 Å². The highest BCUT2D eigenvalue weighted by atomic mass is 16.5. The van der Waals surface area contributed by atoms with Crippen molar-refractivity contribution in [2.24, 2.45) is 11.8 Å². The number of rotatable bonds is 7. The lowest BCUT2D eigenvalue weighted by atomic mass is 9.83. The summed E-state index contributed by atoms with van der Waals surface area (Å²) in [5.74, 6) is 2.65. The number of ether oxygens (including phenoxy) is 1. The van der Waals surface area contributed by atoms with Gasteiger partial charge in [0.15, 0.2) is 0 Å². The summed E-state index contributed by atoms with van der Waals surface area (Å²) in [7, 11) is 1.75. The zero-order valence-electron chi connectivity index (χ0n) is 13.7. The second kappa shape index (κ2) is 9.09. The summed E-state index contributed by atoms with van der Waals surface area (Å²) in [6.07, 6.45) is 9.44. The Hall–Kier alpha value is -1.02. The number of methoxy groups -OCH3 is 1. The molecule has 0 saturated heterocycles. The average molecular weight is 289 g/mol. The lowest BCUT2D eigenvalue weighted by Crippen LogP contribution is -2.29. The van der Waals surface area contributed by atoms with Gasteiger partial charge in [-0.2, -0.15) is 0 Å². The van der Waals surface area contributed by atoms with E-state index in [0.717, 1.165) is 24.1 Å². The third-order valence-corrected chi connectivity index (χ3v) is 4.78. The van der Waals surface area contributed by atoms with Gasteiger partial charge in [0.05, 0.1) is 7.11 Å². The summed E-state index contributed by atoms with van der Waals surface area (Å²) in [6.45, 7) is 4.60. The molecule has 0 amide bonds. The molecule has 118 valence electrons. The van der Waals surface area contributed by atoms with Crippen LogP contribution in [-0.4, -0.2) is 20.2 Å². The molecule has 1 aliphatic rings. The first kappa shape index (κ1) is 16.4. The van der Waals surface area contributed by atoms with Gasteiger partial charge in [-0.15, -0.1) is 0 Å². The summed E-state index contributed by atoms with van der Waals surface area (Å²) >= 11 is 0. The van der Waals surface area contributed by atoms with E-state index in [1.807, 2.05) is 6.07 Å². The maximum atomic E-state index is 5.36. The standard InChI is InChI=1S/C19H31NO/c1-3-12-20-15-18-10-6-4-5-9-17(18)13-16-8-7-11-19(14-16)21-2/h7-8,11,14,17-18,20H,3-6,9-10,12-13,15H2,1-2H3. The van der Waals surface area contributed by atoms with Crippen LogP contribution in [0.4, 0.5) is 0 Å². The third kappa shape index (κ3) is 5.35. The van der Waals surface area contributed by atoms with Crippen molar-refractivity contribution >= 4 is 0 Å². The molecule has 1 aromatic carbocycles. The van der Waals surface area contributed by atoms with Gasteiger partial charge in [0, 0.05) is 0 Å². The first-order chi connectivity index (χ1) is 10.3. The van der Waals surface area contributed by atoms with Gasteiger partial charge in [-0.1, -0.05) is 38.3 Å². The van der Waals surface area contributed by atoms with Crippen LogP contribution in [0.1, 0.15) is 51.0 Å². The quantitative estimate of drug-likeness (QED) is 0.592. The van der Waals surface area contributed by atoms with E-state index < -0.39 is 0 Å². The largest absolute Gasteiger partial charge is 0.497 e. The number of hydrogen-bond acceptors (Lipinski definition) is 2. The topological polar surface area (TPSA) is 21.3 Å². The molecule has 2 heteroatoms. The van der Waals surface area contributed by atoms with Crippen LogP contribution in [0.2, 0.25) is 0 Å². The summed E-state index contributed by atoms with van der Waals surface area (Å²) < 4.78 is 5.36. The van der Waals surface area contributed by atoms with E-state index in [2.05, 4.69) is 30.4 Å². The smallest absolute Gasteiger partial charge is 0.119 e. The fourth-order valence-corrected chi connectivity index (χ4v) is 3.57. The van der Waals surface area contributed by atoms with Crippen LogP contribution in [0.3, 0.4) is 0 Å². The molecule has 2 nitrogen and oxygen atoms in total. The fraction of sp³-hybridized carbons (Fsp3) is 0.684. The molecular formula is C19H31NO. The summed E-state index contributed by atoms with van der Waals surface area (Å²) in [5.41, 5.74) is 1.43. The van der Waals surface area contributed by atoms with Crippen molar-refractivity contribution in [3.05, 3.63) is 29.8 Å². The first-order valence-corrected chi connectivity index (χ1v) is 8.67. The second-order valence-corrected chi connectivity index (χ2v) is 6.42. The molecule has 0 aromatic heterocycles. The van der Waals surface area contributed by atoms with Crippen molar-refractivity contribution in [1.29, 1.82) is 0 Å². The minimum Gasteiger partial charge on any atom is -0.497 e. The van der Waals surface area contributed by atoms with Crippen molar-refractivity contribution in [2.45, 2.75) is 51.9 Å². The molecule has 1 N–H and O–H groups in total. The zero-order chi connectivity index (χ0) is 14.9. The van der Waals surface area contributed by atoms with Crippen molar-refractivity contribution in [3.8, 4) is 5.75 Å². The minimum absolute atomic E-state index is 0.823. The molecule has 1 aliphatic carbocycles. The molecule has 1 saturated carbocycles. The Balaban J connectivity index is 1.98. The number of benzene rings is 1. The van der Waals surface area contributed by atoms with Gasteiger partial charge < -0.3 is 10.1 Å². The molecule has 0 heterocycles. The molecule has 2 atom stereocenters. The average Bonchev–Trinajstić information content (AvgIpc) is 2.73. The molecule has 0 radical (unpaired) electrons. The highest BCUT2D eigenvalue weighted by Gasteiger charge is 2.23. The lowest BCUT2D eigenvalue weighted by Gasteiger charge is -2.26. The van der Waals surface area contributed by atoms with Crippen LogP contribution in [0.25, 0.3) is 0 Å². The van der Waals surface area contributed by atoms with Gasteiger partial charge in [-0.25, -0.2) is 0 Å². The molecule has 1 fully saturated rings. The highest BCUT2D eigenvalue weighted by molar-refractivity contribution is 5.28. The summed E-state index contributed by atoms with van der Waals surface area (Å²) in [5, 5.41) is 3.65. The molecule has 0 spiro atoms. The third-order valence-electron chi connectivity index (χ3n) is 4.78. The molecule has 0 bridgehead atoms. The predicted octanol–water partition coefficient (Wildman–Crippen LogP) is 4.43. The lowest BCUT2D eigenvalue weighted by molar-refractivity contribution is 0.298. The first-order valence-electron chi connectivity index (χ1n) is 8.67. The van der Waals surface area contributed by atoms with E-state index in [9.17, 15) is 0 Å². The molecule has 1 aromatic rings. The molecule has 21 heavy (non-hydrogen) atoms. The van der Waals surface area contributed by atoms with Crippen LogP contribution in [0.5, 0.6) is 5.75 Å². The van der Waals surface area contributed by atoms with Gasteiger partial charge in [0.25, 0.3) is 0 Å². The Morgan fingerprint density at radius 1 is 1.14 bits per heavy atom. The van der Waals surface area contributed by atoms with E-state index in [-0.39, 0.29) is 0 Å². The van der Waals surface area contributed by atoms with E-state index in [4.69, 9.17) is 4.74 Å². The molecule has 2 rings (SSSR count). The second-order valence-electron chi connectivity index (χ2n) is 6.42. The Kier molecular flexibility index (Phi) is 7.08. The summed E-state index contributed by atoms with van der Waals surface area (Å²) in [6, 6.07) is 8.62. The van der Waals surface area contributed by atoms with Crippen LogP contribution < -0.4 is 10.1 Å². The highest BCUT2D eigenvalue weighted by Crippen LogP contribution is 2.31. The zero-order valence-corrected chi connectivity index (χ0v) is 13.7. The van der Waals surface area contributed by atoms with Gasteiger partial charge in [0.1, 0.15) is 5.75 Å². The Bertz CT molecular complexity index is 404. The van der Waals surface area contributed by atoms with E-state index >= 15 is 0 Å². The molecule has 2 unspecified atom stereocenters. The van der Waals surface area contributed by atoms with Crippen LogP contribution in [0, 0.1) is 11.8 Å². The van der Waals surface area contributed by atoms with Crippen LogP contribution in [0.15, 0.2) is 24.3 Å². The predicted molar refractivity (Wildman–Crippen MR) is 89.9 cm³/mol. The Labute approximate surface area is 130 Å². The van der Waals surface area contributed by atoms with Crippen molar-refractivity contribution < 1.29 is 4.74 Å². The minimum atomic E-state index is 0.823. The fourth-order valence-electron chi connectivity index (χ4n) is 3.57. The Morgan fingerprint density at radius 2 is 1.95 bits per heavy atom. The van der Waals surface area contributed by atoms with E-state index in [1.165, 1.54) is 57.1 Å². The van der Waals surface area contributed by atoms with Gasteiger partial charge >= 0.3 is 0 Å². The van der Waals surface area contributed by atoms with Gasteiger partial charge in [-0.3, -0.25) is 0 Å².